The smallest absolute Gasteiger partial charge is 0.119 e. The number of unbranched alkanes of at least 4 members (excludes halogenated alkanes) is 2. The first-order valence-corrected chi connectivity index (χ1v) is 7.63. The van der Waals surface area contributed by atoms with Crippen molar-refractivity contribution in [3.63, 3.8) is 0 Å². The highest BCUT2D eigenvalue weighted by Crippen LogP contribution is 2.33. The summed E-state index contributed by atoms with van der Waals surface area (Å²) in [4.78, 5) is 0. The maximum atomic E-state index is 5.75. The molecule has 2 rings (SSSR count). The van der Waals surface area contributed by atoms with Gasteiger partial charge in [0.25, 0.3) is 0 Å². The van der Waals surface area contributed by atoms with E-state index in [1.807, 2.05) is 0 Å². The van der Waals surface area contributed by atoms with Gasteiger partial charge in [-0.15, -0.1) is 0 Å². The topological polar surface area (TPSA) is 9.23 Å². The van der Waals surface area contributed by atoms with Gasteiger partial charge in [0.2, 0.25) is 0 Å². The number of ether oxygens (including phenoxy) is 1. The largest absolute Gasteiger partial charge is 0.494 e. The molecule has 0 radical (unpaired) electrons. The second kappa shape index (κ2) is 7.45. The van der Waals surface area contributed by atoms with Gasteiger partial charge in [0.1, 0.15) is 5.75 Å². The fourth-order valence-electron chi connectivity index (χ4n) is 2.81. The van der Waals surface area contributed by atoms with Crippen molar-refractivity contribution in [1.29, 1.82) is 0 Å². The number of benzene rings is 1. The molecular weight excluding hydrogens is 220 g/mol. The van der Waals surface area contributed by atoms with Crippen LogP contribution >= 0.6 is 0 Å². The average molecular weight is 246 g/mol. The summed E-state index contributed by atoms with van der Waals surface area (Å²) in [6.45, 7) is 3.08. The Morgan fingerprint density at radius 2 is 1.72 bits per heavy atom. The lowest BCUT2D eigenvalue weighted by Crippen LogP contribution is -2.04. The van der Waals surface area contributed by atoms with Gasteiger partial charge in [0.15, 0.2) is 0 Å². The summed E-state index contributed by atoms with van der Waals surface area (Å²) in [7, 11) is 0. The lowest BCUT2D eigenvalue weighted by molar-refractivity contribution is 0.306. The molecule has 1 saturated carbocycles. The highest BCUT2D eigenvalue weighted by molar-refractivity contribution is 5.29. The second-order valence-electron chi connectivity index (χ2n) is 5.46. The van der Waals surface area contributed by atoms with Crippen LogP contribution in [0.5, 0.6) is 5.75 Å². The Labute approximate surface area is 112 Å². The van der Waals surface area contributed by atoms with Crippen LogP contribution in [0, 0.1) is 0 Å². The first-order chi connectivity index (χ1) is 8.90. The van der Waals surface area contributed by atoms with Crippen LogP contribution in [0.25, 0.3) is 0 Å². The van der Waals surface area contributed by atoms with E-state index in [4.69, 9.17) is 4.74 Å². The summed E-state index contributed by atoms with van der Waals surface area (Å²) in [5, 5.41) is 0. The summed E-state index contributed by atoms with van der Waals surface area (Å²) in [6.07, 6.45) is 10.7. The molecule has 0 amide bonds. The molecule has 1 fully saturated rings. The Balaban J connectivity index is 1.81. The molecule has 0 saturated heterocycles. The van der Waals surface area contributed by atoms with Crippen LogP contribution in [0.4, 0.5) is 0 Å². The lowest BCUT2D eigenvalue weighted by Gasteiger charge is -2.22. The summed E-state index contributed by atoms with van der Waals surface area (Å²) in [6, 6.07) is 8.84. The fourth-order valence-corrected chi connectivity index (χ4v) is 2.81. The number of rotatable bonds is 6. The Morgan fingerprint density at radius 3 is 2.39 bits per heavy atom. The van der Waals surface area contributed by atoms with Gasteiger partial charge in [-0.1, -0.05) is 51.2 Å². The van der Waals surface area contributed by atoms with Gasteiger partial charge in [-0.2, -0.15) is 0 Å². The van der Waals surface area contributed by atoms with Crippen LogP contribution < -0.4 is 4.74 Å². The summed E-state index contributed by atoms with van der Waals surface area (Å²) < 4.78 is 5.75. The van der Waals surface area contributed by atoms with E-state index in [2.05, 4.69) is 31.2 Å². The molecule has 1 nitrogen and oxygen atoms in total. The third-order valence-electron chi connectivity index (χ3n) is 3.97. The highest BCUT2D eigenvalue weighted by atomic mass is 16.5. The van der Waals surface area contributed by atoms with Gasteiger partial charge in [-0.25, -0.2) is 0 Å². The highest BCUT2D eigenvalue weighted by Gasteiger charge is 2.14. The van der Waals surface area contributed by atoms with Gasteiger partial charge in [-0.05, 0) is 42.9 Å². The van der Waals surface area contributed by atoms with Crippen LogP contribution in [-0.2, 0) is 0 Å². The molecule has 0 N–H and O–H groups in total. The Hall–Kier alpha value is -0.980. The number of hydrogen-bond acceptors (Lipinski definition) is 1. The van der Waals surface area contributed by atoms with Crippen LogP contribution in [-0.4, -0.2) is 6.61 Å². The predicted octanol–water partition coefficient (Wildman–Crippen LogP) is 5.30. The third-order valence-corrected chi connectivity index (χ3v) is 3.97. The third kappa shape index (κ3) is 4.04. The van der Waals surface area contributed by atoms with Crippen molar-refractivity contribution >= 4 is 0 Å². The molecular formula is C17H26O. The maximum absolute atomic E-state index is 5.75. The Bertz CT molecular complexity index is 322. The minimum atomic E-state index is 0.799. The normalized spacial score (nSPS) is 16.7. The van der Waals surface area contributed by atoms with E-state index in [0.717, 1.165) is 18.3 Å². The molecule has 0 bridgehead atoms. The van der Waals surface area contributed by atoms with Crippen molar-refractivity contribution in [1.82, 2.24) is 0 Å². The van der Waals surface area contributed by atoms with E-state index in [9.17, 15) is 0 Å². The van der Waals surface area contributed by atoms with Crippen molar-refractivity contribution in [2.24, 2.45) is 0 Å². The van der Waals surface area contributed by atoms with Crippen molar-refractivity contribution in [2.45, 2.75) is 64.2 Å². The minimum Gasteiger partial charge on any atom is -0.494 e. The first-order valence-electron chi connectivity index (χ1n) is 7.63. The quantitative estimate of drug-likeness (QED) is 0.619. The van der Waals surface area contributed by atoms with Gasteiger partial charge in [0, 0.05) is 0 Å². The summed E-state index contributed by atoms with van der Waals surface area (Å²) in [5.74, 6) is 1.83. The van der Waals surface area contributed by atoms with Gasteiger partial charge < -0.3 is 4.74 Å². The standard InChI is InChI=1S/C17H26O/c1-2-3-7-14-18-17-12-10-16(11-13-17)15-8-5-4-6-9-15/h10-13,15H,2-9,14H2,1H3. The molecule has 0 aromatic heterocycles. The first kappa shape index (κ1) is 13.5. The van der Waals surface area contributed by atoms with E-state index in [1.165, 1.54) is 56.9 Å². The van der Waals surface area contributed by atoms with E-state index in [0.29, 0.717) is 0 Å². The van der Waals surface area contributed by atoms with Crippen molar-refractivity contribution < 1.29 is 4.74 Å². The van der Waals surface area contributed by atoms with E-state index in [1.54, 1.807) is 0 Å². The zero-order valence-electron chi connectivity index (χ0n) is 11.7. The molecule has 0 aliphatic heterocycles. The van der Waals surface area contributed by atoms with Gasteiger partial charge >= 0.3 is 0 Å². The summed E-state index contributed by atoms with van der Waals surface area (Å²) >= 11 is 0. The molecule has 0 atom stereocenters. The van der Waals surface area contributed by atoms with Crippen molar-refractivity contribution in [3.8, 4) is 5.75 Å². The Morgan fingerprint density at radius 1 is 1.00 bits per heavy atom. The van der Waals surface area contributed by atoms with Crippen molar-refractivity contribution in [3.05, 3.63) is 29.8 Å². The van der Waals surface area contributed by atoms with Gasteiger partial charge in [0.05, 0.1) is 6.61 Å². The monoisotopic (exact) mass is 246 g/mol. The molecule has 1 heteroatoms. The Kier molecular flexibility index (Phi) is 5.57. The van der Waals surface area contributed by atoms with Crippen LogP contribution in [0.15, 0.2) is 24.3 Å². The molecule has 18 heavy (non-hydrogen) atoms. The molecule has 1 aromatic carbocycles. The maximum Gasteiger partial charge on any atom is 0.119 e. The second-order valence-corrected chi connectivity index (χ2v) is 5.46. The molecule has 1 aromatic rings. The van der Waals surface area contributed by atoms with Gasteiger partial charge in [-0.3, -0.25) is 0 Å². The number of hydrogen-bond donors (Lipinski definition) is 0. The zero-order valence-corrected chi connectivity index (χ0v) is 11.7. The molecule has 100 valence electrons. The van der Waals surface area contributed by atoms with Crippen LogP contribution in [0.2, 0.25) is 0 Å². The SMILES string of the molecule is CCCCCOc1ccc(C2CCCCC2)cc1. The van der Waals surface area contributed by atoms with E-state index < -0.39 is 0 Å². The minimum absolute atomic E-state index is 0.799. The molecule has 0 heterocycles. The molecule has 0 spiro atoms. The molecule has 0 unspecified atom stereocenters. The summed E-state index contributed by atoms with van der Waals surface area (Å²) in [5.41, 5.74) is 1.51. The molecule has 1 aliphatic rings. The molecule has 1 aliphatic carbocycles. The van der Waals surface area contributed by atoms with E-state index >= 15 is 0 Å². The zero-order chi connectivity index (χ0) is 12.6. The average Bonchev–Trinajstić information content (AvgIpc) is 2.45. The fraction of sp³-hybridized carbons (Fsp3) is 0.647. The van der Waals surface area contributed by atoms with Crippen molar-refractivity contribution in [2.75, 3.05) is 6.61 Å². The van der Waals surface area contributed by atoms with Crippen LogP contribution in [0.3, 0.4) is 0 Å². The lowest BCUT2D eigenvalue weighted by atomic mass is 9.84. The van der Waals surface area contributed by atoms with E-state index in [-0.39, 0.29) is 0 Å². The predicted molar refractivity (Wildman–Crippen MR) is 77.3 cm³/mol. The van der Waals surface area contributed by atoms with Crippen LogP contribution in [0.1, 0.15) is 69.8 Å².